The Morgan fingerprint density at radius 1 is 1.00 bits per heavy atom. The van der Waals surface area contributed by atoms with Crippen LogP contribution in [0, 0.1) is 35.0 Å². The van der Waals surface area contributed by atoms with Gasteiger partial charge in [-0.2, -0.15) is 0 Å². The van der Waals surface area contributed by atoms with E-state index in [4.69, 9.17) is 5.73 Å². The summed E-state index contributed by atoms with van der Waals surface area (Å²) in [6.45, 7) is 10.4. The van der Waals surface area contributed by atoms with Crippen molar-refractivity contribution in [3.05, 3.63) is 0 Å². The molecule has 4 amide bonds. The molecular formula is C29H46N4O5. The number of rotatable bonds is 10. The number of hydrogen-bond donors (Lipinski definition) is 3. The number of nitrogens with zero attached hydrogens (tertiary/aromatic N) is 1. The highest BCUT2D eigenvalue weighted by Crippen LogP contribution is 2.65. The lowest BCUT2D eigenvalue weighted by Gasteiger charge is -2.37. The SMILES string of the molecule is CC(C)(C)NC(=O)N[C@H](C(=O)N1C[C@H]2[C@@H]([C@H]1C(=O)CC(CC1CC1)C(=O)C(N)=O)C2(C)C)C1CCCCC1. The van der Waals surface area contributed by atoms with E-state index in [-0.39, 0.29) is 47.3 Å². The Balaban J connectivity index is 1.55. The molecule has 0 aromatic carbocycles. The van der Waals surface area contributed by atoms with E-state index in [2.05, 4.69) is 24.5 Å². The molecule has 1 aliphatic heterocycles. The van der Waals surface area contributed by atoms with Gasteiger partial charge >= 0.3 is 6.03 Å². The fourth-order valence-corrected chi connectivity index (χ4v) is 7.03. The van der Waals surface area contributed by atoms with E-state index in [1.54, 1.807) is 4.90 Å². The van der Waals surface area contributed by atoms with Crippen LogP contribution < -0.4 is 16.4 Å². The lowest BCUT2D eigenvalue weighted by molar-refractivity contribution is -0.144. The Kier molecular flexibility index (Phi) is 7.97. The second kappa shape index (κ2) is 10.6. The number of carbonyl (C=O) groups excluding carboxylic acids is 5. The predicted molar refractivity (Wildman–Crippen MR) is 143 cm³/mol. The molecule has 1 heterocycles. The van der Waals surface area contributed by atoms with Crippen LogP contribution in [0.3, 0.4) is 0 Å². The number of carbonyl (C=O) groups is 5. The summed E-state index contributed by atoms with van der Waals surface area (Å²) in [5.74, 6) is -2.21. The van der Waals surface area contributed by atoms with Crippen molar-refractivity contribution < 1.29 is 24.0 Å². The van der Waals surface area contributed by atoms with Crippen molar-refractivity contribution in [1.82, 2.24) is 15.5 Å². The van der Waals surface area contributed by atoms with E-state index in [0.29, 0.717) is 18.9 Å². The zero-order valence-corrected chi connectivity index (χ0v) is 23.7. The van der Waals surface area contributed by atoms with Crippen molar-refractivity contribution >= 4 is 29.4 Å². The molecule has 3 saturated carbocycles. The van der Waals surface area contributed by atoms with Gasteiger partial charge < -0.3 is 21.3 Å². The molecule has 0 aromatic rings. The second-order valence-electron chi connectivity index (χ2n) is 13.9. The summed E-state index contributed by atoms with van der Waals surface area (Å²) in [5, 5.41) is 5.87. The summed E-state index contributed by atoms with van der Waals surface area (Å²) in [6, 6.07) is -1.74. The van der Waals surface area contributed by atoms with Crippen LogP contribution in [0.4, 0.5) is 4.79 Å². The van der Waals surface area contributed by atoms with Gasteiger partial charge in [0.25, 0.3) is 5.91 Å². The van der Waals surface area contributed by atoms with Crippen molar-refractivity contribution in [3.8, 4) is 0 Å². The largest absolute Gasteiger partial charge is 0.363 e. The molecule has 38 heavy (non-hydrogen) atoms. The van der Waals surface area contributed by atoms with Gasteiger partial charge in [-0.15, -0.1) is 0 Å². The van der Waals surface area contributed by atoms with Crippen molar-refractivity contribution in [3.63, 3.8) is 0 Å². The van der Waals surface area contributed by atoms with Gasteiger partial charge in [-0.25, -0.2) is 4.79 Å². The number of Topliss-reactive ketones (excluding diaryl/α,β-unsaturated/α-hetero) is 2. The van der Waals surface area contributed by atoms with Gasteiger partial charge in [0.05, 0.1) is 6.04 Å². The average Bonchev–Trinajstić information content (AvgIpc) is 3.68. The van der Waals surface area contributed by atoms with Crippen LogP contribution in [0.25, 0.3) is 0 Å². The monoisotopic (exact) mass is 530 g/mol. The van der Waals surface area contributed by atoms with E-state index in [9.17, 15) is 24.0 Å². The third-order valence-electron chi connectivity index (χ3n) is 9.36. The van der Waals surface area contributed by atoms with Crippen LogP contribution in [0.5, 0.6) is 0 Å². The third-order valence-corrected chi connectivity index (χ3v) is 9.36. The normalized spacial score (nSPS) is 28.1. The molecule has 0 radical (unpaired) electrons. The van der Waals surface area contributed by atoms with Crippen LogP contribution in [0.2, 0.25) is 0 Å². The molecule has 1 saturated heterocycles. The summed E-state index contributed by atoms with van der Waals surface area (Å²) >= 11 is 0. The number of fused-ring (bicyclic) bond motifs is 1. The zero-order chi connectivity index (χ0) is 28.0. The quantitative estimate of drug-likeness (QED) is 0.373. The topological polar surface area (TPSA) is 139 Å². The molecular weight excluding hydrogens is 484 g/mol. The lowest BCUT2D eigenvalue weighted by atomic mass is 9.82. The van der Waals surface area contributed by atoms with Crippen LogP contribution in [-0.4, -0.2) is 58.5 Å². The van der Waals surface area contributed by atoms with Gasteiger partial charge in [0.2, 0.25) is 11.7 Å². The van der Waals surface area contributed by atoms with Gasteiger partial charge in [-0.1, -0.05) is 46.0 Å². The van der Waals surface area contributed by atoms with E-state index >= 15 is 0 Å². The highest BCUT2D eigenvalue weighted by molar-refractivity contribution is 6.36. The fourth-order valence-electron chi connectivity index (χ4n) is 7.03. The minimum Gasteiger partial charge on any atom is -0.363 e. The fraction of sp³-hybridized carbons (Fsp3) is 0.828. The van der Waals surface area contributed by atoms with Crippen LogP contribution in [0.1, 0.15) is 92.4 Å². The molecule has 0 aromatic heterocycles. The van der Waals surface area contributed by atoms with Crippen molar-refractivity contribution in [2.24, 2.45) is 40.7 Å². The molecule has 5 atom stereocenters. The Morgan fingerprint density at radius 2 is 1.63 bits per heavy atom. The number of nitrogens with one attached hydrogen (secondary N) is 2. The highest BCUT2D eigenvalue weighted by Gasteiger charge is 2.69. The lowest BCUT2D eigenvalue weighted by Crippen LogP contribution is -2.59. The zero-order valence-electron chi connectivity index (χ0n) is 23.7. The highest BCUT2D eigenvalue weighted by atomic mass is 16.2. The number of nitrogens with two attached hydrogens (primary N) is 1. The summed E-state index contributed by atoms with van der Waals surface area (Å²) < 4.78 is 0. The maximum Gasteiger partial charge on any atom is 0.315 e. The minimum absolute atomic E-state index is 0.0135. The Hall–Kier alpha value is -2.45. The van der Waals surface area contributed by atoms with Crippen LogP contribution in [0.15, 0.2) is 0 Å². The molecule has 9 nitrogen and oxygen atoms in total. The maximum absolute atomic E-state index is 14.1. The molecule has 3 aliphatic carbocycles. The van der Waals surface area contributed by atoms with E-state index in [1.807, 2.05) is 20.8 Å². The van der Waals surface area contributed by atoms with Gasteiger partial charge in [0, 0.05) is 24.4 Å². The molecule has 0 spiro atoms. The smallest absolute Gasteiger partial charge is 0.315 e. The average molecular weight is 531 g/mol. The van der Waals surface area contributed by atoms with Gasteiger partial charge in [-0.3, -0.25) is 19.2 Å². The molecule has 4 fully saturated rings. The number of amides is 4. The number of piperidine rings is 1. The van der Waals surface area contributed by atoms with E-state index in [0.717, 1.165) is 44.9 Å². The molecule has 4 N–H and O–H groups in total. The number of primary amides is 1. The summed E-state index contributed by atoms with van der Waals surface area (Å²) in [5.41, 5.74) is 4.79. The Morgan fingerprint density at radius 3 is 2.18 bits per heavy atom. The van der Waals surface area contributed by atoms with Crippen LogP contribution >= 0.6 is 0 Å². The molecule has 1 unspecified atom stereocenters. The van der Waals surface area contributed by atoms with E-state index in [1.165, 1.54) is 0 Å². The number of hydrogen-bond acceptors (Lipinski definition) is 5. The van der Waals surface area contributed by atoms with Gasteiger partial charge in [-0.05, 0) is 69.1 Å². The molecule has 0 bridgehead atoms. The Bertz CT molecular complexity index is 976. The maximum atomic E-state index is 14.1. The molecule has 4 aliphatic rings. The third kappa shape index (κ3) is 6.23. The number of urea groups is 1. The van der Waals surface area contributed by atoms with Gasteiger partial charge in [0.15, 0.2) is 5.78 Å². The molecule has 212 valence electrons. The standard InChI is InChI=1S/C29H46N4O5/c1-28(2,3)32-27(38)31-22(17-9-7-6-8-10-17)26(37)33-15-19-21(29(19,4)5)23(33)20(34)14-18(13-16-11-12-16)24(35)25(30)36/h16-19,21-23H,6-15H2,1-5H3,(H2,30,36)(H2,31,32,38)/t18?,19-,21-,22-,23+/m0/s1. The van der Waals surface area contributed by atoms with Crippen molar-refractivity contribution in [2.45, 2.75) is 110 Å². The van der Waals surface area contributed by atoms with E-state index < -0.39 is 35.2 Å². The first-order chi connectivity index (χ1) is 17.7. The molecule has 4 rings (SSSR count). The van der Waals surface area contributed by atoms with Crippen molar-refractivity contribution in [2.75, 3.05) is 6.54 Å². The summed E-state index contributed by atoms with van der Waals surface area (Å²) in [7, 11) is 0. The molecule has 9 heteroatoms. The number of likely N-dealkylation sites (tertiary alicyclic amines) is 1. The predicted octanol–water partition coefficient (Wildman–Crippen LogP) is 2.95. The number of ketones is 2. The first-order valence-corrected chi connectivity index (χ1v) is 14.5. The van der Waals surface area contributed by atoms with Gasteiger partial charge in [0.1, 0.15) is 6.04 Å². The Labute approximate surface area is 226 Å². The second-order valence-corrected chi connectivity index (χ2v) is 13.9. The minimum atomic E-state index is -1.00. The summed E-state index contributed by atoms with van der Waals surface area (Å²) in [4.78, 5) is 66.8. The first-order valence-electron chi connectivity index (χ1n) is 14.5. The summed E-state index contributed by atoms with van der Waals surface area (Å²) in [6.07, 6.45) is 7.25. The first kappa shape index (κ1) is 28.6. The van der Waals surface area contributed by atoms with Crippen molar-refractivity contribution in [1.29, 1.82) is 0 Å². The van der Waals surface area contributed by atoms with Crippen LogP contribution in [-0.2, 0) is 19.2 Å².